The second-order valence-electron chi connectivity index (χ2n) is 2.97. The second kappa shape index (κ2) is 3.65. The largest absolute Gasteiger partial charge is 0.493 e. The van der Waals surface area contributed by atoms with E-state index in [1.807, 2.05) is 0 Å². The van der Waals surface area contributed by atoms with Crippen LogP contribution in [0.15, 0.2) is 33.5 Å². The van der Waals surface area contributed by atoms with Gasteiger partial charge in [-0.05, 0) is 18.2 Å². The standard InChI is InChI=1S/C11H10O4/c1-13-8-5-3-7-4-6-9(12)15-10(7)11(8)14-2/h3-6H,1-2H3. The van der Waals surface area contributed by atoms with Crippen molar-refractivity contribution >= 4 is 11.0 Å². The molecule has 4 nitrogen and oxygen atoms in total. The summed E-state index contributed by atoms with van der Waals surface area (Å²) in [5.74, 6) is 0.979. The van der Waals surface area contributed by atoms with Crippen LogP contribution >= 0.6 is 0 Å². The highest BCUT2D eigenvalue weighted by Crippen LogP contribution is 2.34. The van der Waals surface area contributed by atoms with E-state index in [-0.39, 0.29) is 0 Å². The average molecular weight is 206 g/mol. The average Bonchev–Trinajstić information content (AvgIpc) is 2.27. The fraction of sp³-hybridized carbons (Fsp3) is 0.182. The van der Waals surface area contributed by atoms with Gasteiger partial charge in [0.1, 0.15) is 0 Å². The number of methoxy groups -OCH3 is 2. The monoisotopic (exact) mass is 206 g/mol. The van der Waals surface area contributed by atoms with Gasteiger partial charge in [-0.25, -0.2) is 4.79 Å². The van der Waals surface area contributed by atoms with Gasteiger partial charge in [-0.15, -0.1) is 0 Å². The number of hydrogen-bond acceptors (Lipinski definition) is 4. The van der Waals surface area contributed by atoms with Crippen LogP contribution in [-0.4, -0.2) is 14.2 Å². The van der Waals surface area contributed by atoms with Crippen molar-refractivity contribution in [3.8, 4) is 11.5 Å². The number of benzene rings is 1. The van der Waals surface area contributed by atoms with Crippen LogP contribution in [0.5, 0.6) is 11.5 Å². The van der Waals surface area contributed by atoms with E-state index in [2.05, 4.69) is 0 Å². The van der Waals surface area contributed by atoms with Crippen LogP contribution in [0.2, 0.25) is 0 Å². The third-order valence-corrected chi connectivity index (χ3v) is 2.13. The molecule has 0 saturated carbocycles. The zero-order valence-electron chi connectivity index (χ0n) is 8.44. The molecule has 0 atom stereocenters. The Morgan fingerprint density at radius 2 is 1.80 bits per heavy atom. The second-order valence-corrected chi connectivity index (χ2v) is 2.97. The summed E-state index contributed by atoms with van der Waals surface area (Å²) in [5.41, 5.74) is -0.00148. The van der Waals surface area contributed by atoms with Gasteiger partial charge in [-0.2, -0.15) is 0 Å². The minimum Gasteiger partial charge on any atom is -0.493 e. The Morgan fingerprint density at radius 1 is 1.07 bits per heavy atom. The Balaban J connectivity index is 2.84. The molecular formula is C11H10O4. The first-order valence-electron chi connectivity index (χ1n) is 4.41. The first-order valence-corrected chi connectivity index (χ1v) is 4.41. The van der Waals surface area contributed by atoms with E-state index in [9.17, 15) is 4.79 Å². The van der Waals surface area contributed by atoms with Gasteiger partial charge >= 0.3 is 5.63 Å². The molecule has 15 heavy (non-hydrogen) atoms. The fourth-order valence-corrected chi connectivity index (χ4v) is 1.44. The molecule has 4 heteroatoms. The highest BCUT2D eigenvalue weighted by molar-refractivity contribution is 5.85. The van der Waals surface area contributed by atoms with Crippen molar-refractivity contribution in [3.63, 3.8) is 0 Å². The summed E-state index contributed by atoms with van der Waals surface area (Å²) in [4.78, 5) is 11.1. The predicted octanol–water partition coefficient (Wildman–Crippen LogP) is 1.81. The lowest BCUT2D eigenvalue weighted by atomic mass is 10.2. The lowest BCUT2D eigenvalue weighted by Crippen LogP contribution is -1.97. The van der Waals surface area contributed by atoms with Crippen LogP contribution < -0.4 is 15.1 Å². The van der Waals surface area contributed by atoms with Gasteiger partial charge in [0.2, 0.25) is 5.75 Å². The van der Waals surface area contributed by atoms with Crippen LogP contribution in [0, 0.1) is 0 Å². The van der Waals surface area contributed by atoms with Crippen molar-refractivity contribution in [2.75, 3.05) is 14.2 Å². The summed E-state index contributed by atoms with van der Waals surface area (Å²) in [5, 5.41) is 0.798. The van der Waals surface area contributed by atoms with Crippen molar-refractivity contribution in [2.24, 2.45) is 0 Å². The van der Waals surface area contributed by atoms with Gasteiger partial charge in [0.05, 0.1) is 14.2 Å². The molecule has 0 fully saturated rings. The zero-order valence-corrected chi connectivity index (χ0v) is 8.44. The van der Waals surface area contributed by atoms with Crippen LogP contribution in [-0.2, 0) is 0 Å². The predicted molar refractivity (Wildman–Crippen MR) is 55.6 cm³/mol. The van der Waals surface area contributed by atoms with Crippen molar-refractivity contribution < 1.29 is 13.9 Å². The Morgan fingerprint density at radius 3 is 2.47 bits per heavy atom. The molecule has 2 aromatic rings. The van der Waals surface area contributed by atoms with Crippen LogP contribution in [0.4, 0.5) is 0 Å². The number of ether oxygens (including phenoxy) is 2. The SMILES string of the molecule is COc1ccc2ccc(=O)oc2c1OC. The maximum absolute atomic E-state index is 11.1. The van der Waals surface area contributed by atoms with E-state index in [0.717, 1.165) is 5.39 Å². The summed E-state index contributed by atoms with van der Waals surface area (Å²) in [7, 11) is 3.04. The summed E-state index contributed by atoms with van der Waals surface area (Å²) in [6, 6.07) is 6.62. The molecule has 0 saturated heterocycles. The Hall–Kier alpha value is -1.97. The van der Waals surface area contributed by atoms with E-state index in [0.29, 0.717) is 17.1 Å². The zero-order chi connectivity index (χ0) is 10.8. The summed E-state index contributed by atoms with van der Waals surface area (Å²) in [6.07, 6.45) is 0. The lowest BCUT2D eigenvalue weighted by molar-refractivity contribution is 0.352. The number of hydrogen-bond donors (Lipinski definition) is 0. The van der Waals surface area contributed by atoms with Gasteiger partial charge < -0.3 is 13.9 Å². The molecule has 0 N–H and O–H groups in total. The summed E-state index contributed by atoms with van der Waals surface area (Å²) < 4.78 is 15.3. The summed E-state index contributed by atoms with van der Waals surface area (Å²) in [6.45, 7) is 0. The molecule has 0 radical (unpaired) electrons. The highest BCUT2D eigenvalue weighted by atomic mass is 16.5. The van der Waals surface area contributed by atoms with Crippen LogP contribution in [0.3, 0.4) is 0 Å². The van der Waals surface area contributed by atoms with Crippen molar-refractivity contribution in [1.82, 2.24) is 0 Å². The van der Waals surface area contributed by atoms with Gasteiger partial charge in [0.15, 0.2) is 11.3 Å². The molecular weight excluding hydrogens is 196 g/mol. The molecule has 0 spiro atoms. The van der Waals surface area contributed by atoms with Gasteiger partial charge in [0.25, 0.3) is 0 Å². The molecule has 1 heterocycles. The number of rotatable bonds is 2. The van der Waals surface area contributed by atoms with E-state index in [4.69, 9.17) is 13.9 Å². The normalized spacial score (nSPS) is 10.3. The van der Waals surface area contributed by atoms with E-state index in [1.165, 1.54) is 20.3 Å². The van der Waals surface area contributed by atoms with Crippen LogP contribution in [0.25, 0.3) is 11.0 Å². The third-order valence-electron chi connectivity index (χ3n) is 2.13. The molecule has 0 unspecified atom stereocenters. The lowest BCUT2D eigenvalue weighted by Gasteiger charge is -2.08. The van der Waals surface area contributed by atoms with Crippen molar-refractivity contribution in [2.45, 2.75) is 0 Å². The molecule has 78 valence electrons. The minimum absolute atomic E-state index is 0.407. The maximum atomic E-state index is 11.1. The third kappa shape index (κ3) is 1.54. The number of fused-ring (bicyclic) bond motifs is 1. The Bertz CT molecular complexity index is 542. The first-order chi connectivity index (χ1) is 7.26. The molecule has 0 aliphatic carbocycles. The Labute approximate surface area is 86.0 Å². The smallest absolute Gasteiger partial charge is 0.336 e. The van der Waals surface area contributed by atoms with E-state index >= 15 is 0 Å². The molecule has 0 aliphatic heterocycles. The fourth-order valence-electron chi connectivity index (χ4n) is 1.44. The topological polar surface area (TPSA) is 48.7 Å². The van der Waals surface area contributed by atoms with Crippen molar-refractivity contribution in [1.29, 1.82) is 0 Å². The molecule has 2 rings (SSSR count). The van der Waals surface area contributed by atoms with Crippen LogP contribution in [0.1, 0.15) is 0 Å². The van der Waals surface area contributed by atoms with Crippen molar-refractivity contribution in [3.05, 3.63) is 34.7 Å². The van der Waals surface area contributed by atoms with Gasteiger partial charge in [-0.3, -0.25) is 0 Å². The molecule has 0 aliphatic rings. The minimum atomic E-state index is -0.408. The molecule has 1 aromatic carbocycles. The van der Waals surface area contributed by atoms with Gasteiger partial charge in [-0.1, -0.05) is 0 Å². The van der Waals surface area contributed by atoms with Gasteiger partial charge in [0, 0.05) is 11.5 Å². The van der Waals surface area contributed by atoms with E-state index < -0.39 is 5.63 Å². The van der Waals surface area contributed by atoms with E-state index in [1.54, 1.807) is 18.2 Å². The molecule has 0 amide bonds. The first kappa shape index (κ1) is 9.58. The quantitative estimate of drug-likeness (QED) is 0.703. The maximum Gasteiger partial charge on any atom is 0.336 e. The molecule has 1 aromatic heterocycles. The summed E-state index contributed by atoms with van der Waals surface area (Å²) >= 11 is 0. The highest BCUT2D eigenvalue weighted by Gasteiger charge is 2.10. The Kier molecular flexibility index (Phi) is 2.33. The molecule has 0 bridgehead atoms.